The Balaban J connectivity index is 0.859. The molecule has 0 aliphatic rings. The fourth-order valence-corrected chi connectivity index (χ4v) is 8.97. The molecule has 0 N–H and O–H groups in total. The second-order valence-corrected chi connectivity index (χ2v) is 15.7. The van der Waals surface area contributed by atoms with E-state index in [-0.39, 0.29) is 0 Å². The summed E-state index contributed by atoms with van der Waals surface area (Å²) < 4.78 is 6.06. The van der Waals surface area contributed by atoms with Crippen molar-refractivity contribution in [3.8, 4) is 67.3 Å². The van der Waals surface area contributed by atoms with Gasteiger partial charge in [-0.3, -0.25) is 0 Å². The van der Waals surface area contributed by atoms with Gasteiger partial charge in [0.25, 0.3) is 0 Å². The minimum absolute atomic E-state index is 0.695. The Bertz CT molecular complexity index is 3570. The summed E-state index contributed by atoms with van der Waals surface area (Å²) in [5, 5.41) is 9.93. The van der Waals surface area contributed by atoms with Gasteiger partial charge in [-0.2, -0.15) is 0 Å². The van der Waals surface area contributed by atoms with Crippen LogP contribution in [0.25, 0.3) is 122 Å². The monoisotopic (exact) mass is 776 g/mol. The van der Waals surface area contributed by atoms with Crippen LogP contribution in [0.15, 0.2) is 223 Å². The average molecular weight is 777 g/mol. The van der Waals surface area contributed by atoms with Gasteiger partial charge >= 0.3 is 0 Å². The van der Waals surface area contributed by atoms with Crippen LogP contribution < -0.4 is 0 Å². The highest BCUT2D eigenvalue weighted by Gasteiger charge is 2.14. The van der Waals surface area contributed by atoms with E-state index < -0.39 is 0 Å². The Morgan fingerprint density at radius 2 is 0.607 bits per heavy atom. The number of benzene rings is 10. The van der Waals surface area contributed by atoms with Gasteiger partial charge in [-0.05, 0) is 96.0 Å². The van der Waals surface area contributed by atoms with Crippen molar-refractivity contribution in [2.75, 3.05) is 0 Å². The van der Waals surface area contributed by atoms with Crippen molar-refractivity contribution >= 4 is 54.3 Å². The zero-order chi connectivity index (χ0) is 40.3. The zero-order valence-electron chi connectivity index (χ0n) is 33.1. The lowest BCUT2D eigenvalue weighted by molar-refractivity contribution is 0.669. The number of fused-ring (bicyclic) bond motifs is 9. The zero-order valence-corrected chi connectivity index (χ0v) is 33.1. The fraction of sp³-hybridized carbons (Fsp3) is 0. The van der Waals surface area contributed by atoms with Crippen molar-refractivity contribution in [3.05, 3.63) is 218 Å². The van der Waals surface area contributed by atoms with E-state index in [1.54, 1.807) is 0 Å². The van der Waals surface area contributed by atoms with Gasteiger partial charge in [0.2, 0.25) is 0 Å². The third kappa shape index (κ3) is 6.14. The Morgan fingerprint density at radius 3 is 1.20 bits per heavy atom. The fourth-order valence-electron chi connectivity index (χ4n) is 8.97. The predicted octanol–water partition coefficient (Wildman–Crippen LogP) is 15.8. The normalized spacial score (nSPS) is 11.6. The van der Waals surface area contributed by atoms with Crippen molar-refractivity contribution in [2.24, 2.45) is 0 Å². The molecule has 0 aliphatic carbocycles. The number of aromatic nitrogens is 2. The van der Waals surface area contributed by atoms with E-state index in [9.17, 15) is 0 Å². The molecule has 0 unspecified atom stereocenters. The van der Waals surface area contributed by atoms with E-state index in [2.05, 4.69) is 200 Å². The average Bonchev–Trinajstić information content (AvgIpc) is 3.72. The summed E-state index contributed by atoms with van der Waals surface area (Å²) >= 11 is 0. The molecule has 12 rings (SSSR count). The Morgan fingerprint density at radius 1 is 0.230 bits per heavy atom. The highest BCUT2D eigenvalue weighted by atomic mass is 16.3. The first-order valence-corrected chi connectivity index (χ1v) is 20.7. The summed E-state index contributed by atoms with van der Waals surface area (Å²) in [5.41, 5.74) is 13.6. The molecule has 0 radical (unpaired) electrons. The van der Waals surface area contributed by atoms with Crippen LogP contribution in [0.5, 0.6) is 0 Å². The highest BCUT2D eigenvalue weighted by molar-refractivity contribution is 6.25. The molecular formula is C58H36N2O. The number of para-hydroxylation sites is 1. The first kappa shape index (κ1) is 34.9. The van der Waals surface area contributed by atoms with Crippen LogP contribution in [-0.4, -0.2) is 9.97 Å². The van der Waals surface area contributed by atoms with Crippen molar-refractivity contribution < 1.29 is 4.42 Å². The Hall–Kier alpha value is -8.14. The smallest absolute Gasteiger partial charge is 0.160 e. The van der Waals surface area contributed by atoms with E-state index in [4.69, 9.17) is 14.4 Å². The van der Waals surface area contributed by atoms with Crippen LogP contribution in [0.4, 0.5) is 0 Å². The van der Waals surface area contributed by atoms with Crippen LogP contribution in [0.3, 0.4) is 0 Å². The van der Waals surface area contributed by atoms with E-state index >= 15 is 0 Å². The minimum Gasteiger partial charge on any atom is -0.456 e. The highest BCUT2D eigenvalue weighted by Crippen LogP contribution is 2.38. The van der Waals surface area contributed by atoms with Crippen LogP contribution in [0.1, 0.15) is 0 Å². The molecule has 0 aliphatic heterocycles. The maximum absolute atomic E-state index is 6.06. The maximum Gasteiger partial charge on any atom is 0.160 e. The summed E-state index contributed by atoms with van der Waals surface area (Å²) in [6.45, 7) is 0. The lowest BCUT2D eigenvalue weighted by atomic mass is 9.92. The molecule has 0 amide bonds. The molecule has 12 aromatic rings. The number of hydrogen-bond donors (Lipinski definition) is 0. The van der Waals surface area contributed by atoms with Gasteiger partial charge in [0, 0.05) is 27.5 Å². The van der Waals surface area contributed by atoms with Gasteiger partial charge in [-0.15, -0.1) is 0 Å². The molecule has 61 heavy (non-hydrogen) atoms. The molecule has 0 saturated heterocycles. The molecule has 3 heteroatoms. The molecular weight excluding hydrogens is 741 g/mol. The van der Waals surface area contributed by atoms with Gasteiger partial charge in [-0.25, -0.2) is 9.97 Å². The Labute approximate surface area is 352 Å². The van der Waals surface area contributed by atoms with Gasteiger partial charge in [0.1, 0.15) is 11.2 Å². The van der Waals surface area contributed by atoms with E-state index in [0.29, 0.717) is 5.82 Å². The van der Waals surface area contributed by atoms with Gasteiger partial charge in [-0.1, -0.05) is 188 Å². The predicted molar refractivity (Wildman–Crippen MR) is 254 cm³/mol. The molecule has 0 atom stereocenters. The molecule has 0 spiro atoms. The minimum atomic E-state index is 0.695. The van der Waals surface area contributed by atoms with E-state index in [1.165, 1.54) is 49.0 Å². The third-order valence-electron chi connectivity index (χ3n) is 12.1. The summed E-state index contributed by atoms with van der Waals surface area (Å²) in [4.78, 5) is 10.3. The van der Waals surface area contributed by atoms with Gasteiger partial charge < -0.3 is 4.42 Å². The molecule has 0 bridgehead atoms. The Kier molecular flexibility index (Phi) is 8.17. The molecule has 0 fully saturated rings. The van der Waals surface area contributed by atoms with E-state index in [0.717, 1.165) is 66.7 Å². The summed E-state index contributed by atoms with van der Waals surface area (Å²) in [6.07, 6.45) is 0. The molecule has 284 valence electrons. The first-order chi connectivity index (χ1) is 30.2. The number of hydrogen-bond acceptors (Lipinski definition) is 3. The van der Waals surface area contributed by atoms with E-state index in [1.807, 2.05) is 18.2 Å². The van der Waals surface area contributed by atoms with Crippen LogP contribution >= 0.6 is 0 Å². The number of furan rings is 1. The first-order valence-electron chi connectivity index (χ1n) is 20.7. The molecule has 2 aromatic heterocycles. The van der Waals surface area contributed by atoms with Gasteiger partial charge in [0.15, 0.2) is 5.82 Å². The molecule has 2 heterocycles. The lowest BCUT2D eigenvalue weighted by Gasteiger charge is -2.13. The number of rotatable bonds is 6. The molecule has 0 saturated carbocycles. The SMILES string of the molecule is c1ccc(-c2cc(-c3ccc(-c4ccc(-c5ccc6oc7ccccc7c6c5)cc4)cc3)nc(-c3ccc(-c4ccc5c6ccccc6c6ccccc6c5c4)cc3)n2)cc1. The summed E-state index contributed by atoms with van der Waals surface area (Å²) in [7, 11) is 0. The molecule has 10 aromatic carbocycles. The lowest BCUT2D eigenvalue weighted by Crippen LogP contribution is -1.96. The van der Waals surface area contributed by atoms with Crippen LogP contribution in [0, 0.1) is 0 Å². The van der Waals surface area contributed by atoms with Crippen LogP contribution in [0.2, 0.25) is 0 Å². The summed E-state index contributed by atoms with van der Waals surface area (Å²) in [6, 6.07) is 77.6. The van der Waals surface area contributed by atoms with Crippen molar-refractivity contribution in [1.82, 2.24) is 9.97 Å². The standard InChI is InChI=1S/C58H36N2O/c1-2-10-41(11-3-1)54-36-55(42-26-22-38(23-27-42)37-18-20-39(21-19-37)45-31-33-57-53(35-45)51-16-8-9-17-56(51)61-57)60-58(59-54)43-28-24-40(25-29-43)44-30-32-50-48-14-5-4-12-46(48)47-13-6-7-15-49(47)52(50)34-44/h1-36H. The third-order valence-corrected chi connectivity index (χ3v) is 12.1. The second-order valence-electron chi connectivity index (χ2n) is 15.7. The van der Waals surface area contributed by atoms with Crippen molar-refractivity contribution in [3.63, 3.8) is 0 Å². The second kappa shape index (κ2) is 14.3. The molecule has 3 nitrogen and oxygen atoms in total. The maximum atomic E-state index is 6.06. The van der Waals surface area contributed by atoms with Crippen molar-refractivity contribution in [2.45, 2.75) is 0 Å². The van der Waals surface area contributed by atoms with Crippen LogP contribution in [-0.2, 0) is 0 Å². The topological polar surface area (TPSA) is 38.9 Å². The van der Waals surface area contributed by atoms with Crippen molar-refractivity contribution in [1.29, 1.82) is 0 Å². The summed E-state index contributed by atoms with van der Waals surface area (Å²) in [5.74, 6) is 0.695. The largest absolute Gasteiger partial charge is 0.456 e. The number of nitrogens with zero attached hydrogens (tertiary/aromatic N) is 2. The quantitative estimate of drug-likeness (QED) is 0.158. The van der Waals surface area contributed by atoms with Gasteiger partial charge in [0.05, 0.1) is 11.4 Å².